The summed E-state index contributed by atoms with van der Waals surface area (Å²) in [7, 11) is 0. The molecule has 1 aliphatic heterocycles. The highest BCUT2D eigenvalue weighted by Gasteiger charge is 2.20. The number of aromatic nitrogens is 1. The maximum absolute atomic E-state index is 10.8. The highest BCUT2D eigenvalue weighted by atomic mass is 35.5. The summed E-state index contributed by atoms with van der Waals surface area (Å²) in [5.41, 5.74) is 0.123. The molecule has 1 atom stereocenters. The average Bonchev–Trinajstić information content (AvgIpc) is 2.28. The summed E-state index contributed by atoms with van der Waals surface area (Å²) < 4.78 is 0. The number of hydrogen-bond acceptors (Lipinski definition) is 4. The number of pyridine rings is 1. The predicted molar refractivity (Wildman–Crippen MR) is 70.3 cm³/mol. The van der Waals surface area contributed by atoms with Gasteiger partial charge in [0.15, 0.2) is 0 Å². The van der Waals surface area contributed by atoms with Crippen LogP contribution in [0.5, 0.6) is 0 Å². The number of nitrogens with zero attached hydrogens (tertiary/aromatic N) is 2. The van der Waals surface area contributed by atoms with Crippen molar-refractivity contribution in [2.24, 2.45) is 0 Å². The van der Waals surface area contributed by atoms with Gasteiger partial charge in [0.25, 0.3) is 0 Å². The van der Waals surface area contributed by atoms with Crippen LogP contribution in [0.4, 0.5) is 5.82 Å². The molecule has 1 aliphatic rings. The van der Waals surface area contributed by atoms with Crippen LogP contribution in [0.15, 0.2) is 12.3 Å². The van der Waals surface area contributed by atoms with Crippen molar-refractivity contribution in [3.8, 4) is 0 Å². The maximum atomic E-state index is 10.8. The highest BCUT2D eigenvalue weighted by Crippen LogP contribution is 2.28. The molecule has 0 bridgehead atoms. The second-order valence-electron chi connectivity index (χ2n) is 3.96. The van der Waals surface area contributed by atoms with E-state index in [0.29, 0.717) is 16.1 Å². The third-order valence-corrected chi connectivity index (χ3v) is 4.02. The van der Waals surface area contributed by atoms with Crippen LogP contribution in [-0.2, 0) is 0 Å². The van der Waals surface area contributed by atoms with Crippen molar-refractivity contribution in [1.29, 1.82) is 0 Å². The van der Waals surface area contributed by atoms with Crippen LogP contribution in [0, 0.1) is 0 Å². The van der Waals surface area contributed by atoms with Crippen LogP contribution in [0.3, 0.4) is 0 Å². The van der Waals surface area contributed by atoms with Crippen molar-refractivity contribution in [3.63, 3.8) is 0 Å². The SMILES string of the molecule is CC1CN(c2ncc(C(=O)O)cc2Cl)CCS1. The monoisotopic (exact) mass is 272 g/mol. The number of halogens is 1. The molecule has 4 nitrogen and oxygen atoms in total. The summed E-state index contributed by atoms with van der Waals surface area (Å²) in [5, 5.41) is 9.79. The summed E-state index contributed by atoms with van der Waals surface area (Å²) in [6, 6.07) is 1.46. The van der Waals surface area contributed by atoms with Crippen LogP contribution in [0.1, 0.15) is 17.3 Å². The quantitative estimate of drug-likeness (QED) is 0.896. The van der Waals surface area contributed by atoms with Gasteiger partial charge in [0.05, 0.1) is 10.6 Å². The van der Waals surface area contributed by atoms with E-state index in [1.54, 1.807) is 0 Å². The van der Waals surface area contributed by atoms with E-state index in [4.69, 9.17) is 16.7 Å². The Morgan fingerprint density at radius 1 is 1.71 bits per heavy atom. The Morgan fingerprint density at radius 2 is 2.47 bits per heavy atom. The number of aromatic carboxylic acids is 1. The fourth-order valence-corrected chi connectivity index (χ4v) is 3.09. The minimum absolute atomic E-state index is 0.123. The van der Waals surface area contributed by atoms with Crippen molar-refractivity contribution < 1.29 is 9.90 Å². The second kappa shape index (κ2) is 5.14. The number of rotatable bonds is 2. The van der Waals surface area contributed by atoms with Gasteiger partial charge in [0, 0.05) is 30.3 Å². The number of anilines is 1. The van der Waals surface area contributed by atoms with Gasteiger partial charge >= 0.3 is 5.97 Å². The molecule has 1 aromatic rings. The first-order valence-corrected chi connectivity index (χ1v) is 6.76. The largest absolute Gasteiger partial charge is 0.478 e. The van der Waals surface area contributed by atoms with Crippen molar-refractivity contribution in [2.75, 3.05) is 23.7 Å². The Bertz CT molecular complexity index is 441. The van der Waals surface area contributed by atoms with Crippen molar-refractivity contribution in [1.82, 2.24) is 4.98 Å². The maximum Gasteiger partial charge on any atom is 0.337 e. The lowest BCUT2D eigenvalue weighted by Gasteiger charge is -2.32. The molecule has 2 rings (SSSR count). The molecular formula is C11H13ClN2O2S. The molecule has 1 unspecified atom stereocenters. The molecular weight excluding hydrogens is 260 g/mol. The van der Waals surface area contributed by atoms with Crippen LogP contribution < -0.4 is 4.90 Å². The van der Waals surface area contributed by atoms with E-state index in [1.165, 1.54) is 12.3 Å². The van der Waals surface area contributed by atoms with Gasteiger partial charge in [-0.2, -0.15) is 11.8 Å². The minimum Gasteiger partial charge on any atom is -0.478 e. The lowest BCUT2D eigenvalue weighted by atomic mass is 10.2. The molecule has 0 radical (unpaired) electrons. The molecule has 0 amide bonds. The van der Waals surface area contributed by atoms with E-state index in [9.17, 15) is 4.79 Å². The Morgan fingerprint density at radius 3 is 3.06 bits per heavy atom. The molecule has 0 saturated carbocycles. The Hall–Kier alpha value is -0.940. The minimum atomic E-state index is -1.01. The number of carboxylic acids is 1. The van der Waals surface area contributed by atoms with Gasteiger partial charge in [-0.1, -0.05) is 18.5 Å². The first-order chi connectivity index (χ1) is 8.08. The summed E-state index contributed by atoms with van der Waals surface area (Å²) >= 11 is 8.00. The Balaban J connectivity index is 2.23. The lowest BCUT2D eigenvalue weighted by molar-refractivity contribution is 0.0696. The first kappa shape index (κ1) is 12.5. The average molecular weight is 273 g/mol. The first-order valence-electron chi connectivity index (χ1n) is 5.33. The van der Waals surface area contributed by atoms with Gasteiger partial charge in [-0.15, -0.1) is 0 Å². The number of thioether (sulfide) groups is 1. The molecule has 0 aromatic carbocycles. The summed E-state index contributed by atoms with van der Waals surface area (Å²) in [6.07, 6.45) is 1.36. The van der Waals surface area contributed by atoms with Gasteiger partial charge in [0.1, 0.15) is 5.82 Å². The zero-order valence-electron chi connectivity index (χ0n) is 9.39. The molecule has 1 saturated heterocycles. The summed E-state index contributed by atoms with van der Waals surface area (Å²) in [5.74, 6) is 0.720. The smallest absolute Gasteiger partial charge is 0.337 e. The van der Waals surface area contributed by atoms with Gasteiger partial charge in [-0.05, 0) is 6.07 Å². The van der Waals surface area contributed by atoms with Gasteiger partial charge < -0.3 is 10.0 Å². The topological polar surface area (TPSA) is 53.4 Å². The third-order valence-electron chi connectivity index (χ3n) is 2.61. The molecule has 6 heteroatoms. The molecule has 0 spiro atoms. The van der Waals surface area contributed by atoms with E-state index in [0.717, 1.165) is 18.8 Å². The zero-order valence-corrected chi connectivity index (χ0v) is 11.0. The van der Waals surface area contributed by atoms with E-state index in [2.05, 4.69) is 16.8 Å². The van der Waals surface area contributed by atoms with Crippen LogP contribution >= 0.6 is 23.4 Å². The van der Waals surface area contributed by atoms with Crippen molar-refractivity contribution >= 4 is 35.1 Å². The van der Waals surface area contributed by atoms with Crippen LogP contribution in [0.2, 0.25) is 5.02 Å². The lowest BCUT2D eigenvalue weighted by Crippen LogP contribution is -2.37. The Kier molecular flexibility index (Phi) is 3.79. The van der Waals surface area contributed by atoms with Crippen LogP contribution in [-0.4, -0.2) is 40.2 Å². The molecule has 0 aliphatic carbocycles. The van der Waals surface area contributed by atoms with Crippen LogP contribution in [0.25, 0.3) is 0 Å². The van der Waals surface area contributed by atoms with E-state index < -0.39 is 5.97 Å². The van der Waals surface area contributed by atoms with E-state index in [-0.39, 0.29) is 5.56 Å². The fourth-order valence-electron chi connectivity index (χ4n) is 1.79. The van der Waals surface area contributed by atoms with Gasteiger partial charge in [-0.3, -0.25) is 0 Å². The molecule has 1 N–H and O–H groups in total. The molecule has 2 heterocycles. The highest BCUT2D eigenvalue weighted by molar-refractivity contribution is 8.00. The third kappa shape index (κ3) is 2.84. The fraction of sp³-hybridized carbons (Fsp3) is 0.455. The molecule has 1 aromatic heterocycles. The normalized spacial score (nSPS) is 20.4. The second-order valence-corrected chi connectivity index (χ2v) is 5.92. The number of hydrogen-bond donors (Lipinski definition) is 1. The van der Waals surface area contributed by atoms with Crippen molar-refractivity contribution in [2.45, 2.75) is 12.2 Å². The zero-order chi connectivity index (χ0) is 12.4. The van der Waals surface area contributed by atoms with Gasteiger partial charge in [-0.25, -0.2) is 9.78 Å². The summed E-state index contributed by atoms with van der Waals surface area (Å²) in [6.45, 7) is 3.95. The number of carboxylic acid groups (broad SMARTS) is 1. The molecule has 1 fully saturated rings. The molecule has 92 valence electrons. The van der Waals surface area contributed by atoms with E-state index in [1.807, 2.05) is 11.8 Å². The summed E-state index contributed by atoms with van der Waals surface area (Å²) in [4.78, 5) is 17.0. The van der Waals surface area contributed by atoms with E-state index >= 15 is 0 Å². The predicted octanol–water partition coefficient (Wildman–Crippen LogP) is 2.37. The van der Waals surface area contributed by atoms with Gasteiger partial charge in [0.2, 0.25) is 0 Å². The standard InChI is InChI=1S/C11H13ClN2O2S/c1-7-6-14(2-3-17-7)10-9(12)4-8(5-13-10)11(15)16/h4-5,7H,2-3,6H2,1H3,(H,15,16). The number of carbonyl (C=O) groups is 1. The Labute approximate surface area is 109 Å². The van der Waals surface area contributed by atoms with Crippen molar-refractivity contribution in [3.05, 3.63) is 22.8 Å². The molecule has 17 heavy (non-hydrogen) atoms.